The Bertz CT molecular complexity index is 1560. The summed E-state index contributed by atoms with van der Waals surface area (Å²) in [7, 11) is 0. The van der Waals surface area contributed by atoms with Gasteiger partial charge in [0, 0.05) is 17.0 Å². The fourth-order valence-electron chi connectivity index (χ4n) is 4.37. The topological polar surface area (TPSA) is 65.8 Å². The van der Waals surface area contributed by atoms with Crippen LogP contribution in [0.3, 0.4) is 0 Å². The van der Waals surface area contributed by atoms with Gasteiger partial charge < -0.3 is 4.42 Å². The van der Waals surface area contributed by atoms with Crippen molar-refractivity contribution in [2.45, 2.75) is 41.2 Å². The first-order chi connectivity index (χ1) is 15.8. The van der Waals surface area contributed by atoms with Crippen LogP contribution in [0.1, 0.15) is 33.8 Å². The predicted molar refractivity (Wildman–Crippen MR) is 130 cm³/mol. The summed E-state index contributed by atoms with van der Waals surface area (Å²) in [5.41, 5.74) is 7.32. The molecule has 0 bridgehead atoms. The van der Waals surface area contributed by atoms with Crippen molar-refractivity contribution in [2.24, 2.45) is 0 Å². The number of pyridine rings is 1. The molecule has 6 heteroatoms. The van der Waals surface area contributed by atoms with Gasteiger partial charge in [0.1, 0.15) is 17.1 Å². The Hall–Kier alpha value is -3.93. The van der Waals surface area contributed by atoms with Gasteiger partial charge in [0.05, 0.1) is 17.9 Å². The molecule has 6 nitrogen and oxygen atoms in total. The molecular formula is C27H26N4O2. The van der Waals surface area contributed by atoms with Crippen LogP contribution in [0.25, 0.3) is 28.2 Å². The minimum atomic E-state index is -0.0900. The van der Waals surface area contributed by atoms with Crippen LogP contribution in [0.4, 0.5) is 0 Å². The Morgan fingerprint density at radius 1 is 0.909 bits per heavy atom. The SMILES string of the molecule is Cc1ccc(C)c(-c2nc(Cn3c(=O)cc(C)c4c(C)nn(-c5ccccc5)c43)c(C)o2)c1. The smallest absolute Gasteiger partial charge is 0.252 e. The van der Waals surface area contributed by atoms with Crippen molar-refractivity contribution in [1.82, 2.24) is 19.3 Å². The van der Waals surface area contributed by atoms with Crippen molar-refractivity contribution in [3.8, 4) is 17.1 Å². The zero-order valence-corrected chi connectivity index (χ0v) is 19.5. The van der Waals surface area contributed by atoms with Crippen LogP contribution < -0.4 is 5.56 Å². The van der Waals surface area contributed by atoms with Crippen molar-refractivity contribution in [3.63, 3.8) is 0 Å². The maximum Gasteiger partial charge on any atom is 0.252 e. The van der Waals surface area contributed by atoms with Gasteiger partial charge in [0.25, 0.3) is 5.56 Å². The molecule has 3 heterocycles. The summed E-state index contributed by atoms with van der Waals surface area (Å²) in [5, 5.41) is 5.75. The maximum atomic E-state index is 13.2. The molecule has 0 aliphatic carbocycles. The van der Waals surface area contributed by atoms with E-state index in [4.69, 9.17) is 14.5 Å². The zero-order valence-electron chi connectivity index (χ0n) is 19.5. The van der Waals surface area contributed by atoms with Crippen LogP contribution in [0.5, 0.6) is 0 Å². The number of nitrogens with zero attached hydrogens (tertiary/aromatic N) is 4. The standard InChI is InChI=1S/C27H26N4O2/c1-16-11-12-17(2)22(13-16)26-28-23(20(5)33-26)15-30-24(32)14-18(3)25-19(4)29-31(27(25)30)21-9-7-6-8-10-21/h6-14H,15H2,1-5H3. The summed E-state index contributed by atoms with van der Waals surface area (Å²) in [4.78, 5) is 18.0. The van der Waals surface area contributed by atoms with E-state index in [9.17, 15) is 4.79 Å². The molecule has 0 unspecified atom stereocenters. The number of benzene rings is 2. The van der Waals surface area contributed by atoms with Gasteiger partial charge in [-0.25, -0.2) is 9.67 Å². The van der Waals surface area contributed by atoms with Gasteiger partial charge in [-0.1, -0.05) is 35.9 Å². The van der Waals surface area contributed by atoms with Crippen LogP contribution >= 0.6 is 0 Å². The molecule has 0 amide bonds. The van der Waals surface area contributed by atoms with E-state index < -0.39 is 0 Å². The largest absolute Gasteiger partial charge is 0.441 e. The van der Waals surface area contributed by atoms with E-state index in [1.165, 1.54) is 0 Å². The van der Waals surface area contributed by atoms with Gasteiger partial charge in [0.2, 0.25) is 5.89 Å². The lowest BCUT2D eigenvalue weighted by Gasteiger charge is -2.11. The van der Waals surface area contributed by atoms with E-state index in [2.05, 4.69) is 25.1 Å². The lowest BCUT2D eigenvalue weighted by molar-refractivity contribution is 0.537. The highest BCUT2D eigenvalue weighted by Crippen LogP contribution is 2.28. The third kappa shape index (κ3) is 3.57. The van der Waals surface area contributed by atoms with Crippen LogP contribution in [0.15, 0.2) is 63.8 Å². The van der Waals surface area contributed by atoms with Crippen LogP contribution in [0.2, 0.25) is 0 Å². The molecule has 0 spiro atoms. The fraction of sp³-hybridized carbons (Fsp3) is 0.222. The number of hydrogen-bond acceptors (Lipinski definition) is 4. The number of fused-ring (bicyclic) bond motifs is 1. The van der Waals surface area contributed by atoms with Crippen molar-refractivity contribution < 1.29 is 4.42 Å². The zero-order chi connectivity index (χ0) is 23.3. The van der Waals surface area contributed by atoms with Crippen molar-refractivity contribution in [3.05, 3.63) is 98.8 Å². The van der Waals surface area contributed by atoms with E-state index in [0.29, 0.717) is 18.2 Å². The molecule has 166 valence electrons. The minimum absolute atomic E-state index is 0.0900. The normalized spacial score (nSPS) is 11.4. The minimum Gasteiger partial charge on any atom is -0.441 e. The van der Waals surface area contributed by atoms with E-state index in [0.717, 1.165) is 50.4 Å². The molecule has 5 aromatic rings. The van der Waals surface area contributed by atoms with Crippen LogP contribution in [0, 0.1) is 34.6 Å². The summed E-state index contributed by atoms with van der Waals surface area (Å²) < 4.78 is 9.65. The molecule has 0 aliphatic heterocycles. The first-order valence-electron chi connectivity index (χ1n) is 11.0. The number of rotatable bonds is 4. The third-order valence-corrected chi connectivity index (χ3v) is 6.12. The van der Waals surface area contributed by atoms with Gasteiger partial charge in [-0.15, -0.1) is 0 Å². The average molecular weight is 439 g/mol. The van der Waals surface area contributed by atoms with Crippen molar-refractivity contribution >= 4 is 11.0 Å². The molecule has 5 rings (SSSR count). The van der Waals surface area contributed by atoms with Gasteiger partial charge in [-0.05, 0) is 63.9 Å². The molecule has 3 aromatic heterocycles. The van der Waals surface area contributed by atoms with E-state index >= 15 is 0 Å². The second-order valence-corrected chi connectivity index (χ2v) is 8.62. The van der Waals surface area contributed by atoms with Crippen molar-refractivity contribution in [2.75, 3.05) is 0 Å². The maximum absolute atomic E-state index is 13.2. The van der Waals surface area contributed by atoms with Crippen LogP contribution in [-0.2, 0) is 6.54 Å². The number of aromatic nitrogens is 4. The Morgan fingerprint density at radius 3 is 2.42 bits per heavy atom. The molecule has 0 radical (unpaired) electrons. The summed E-state index contributed by atoms with van der Waals surface area (Å²) in [6.07, 6.45) is 0. The van der Waals surface area contributed by atoms with Gasteiger partial charge in [0.15, 0.2) is 0 Å². The molecule has 0 N–H and O–H groups in total. The molecular weight excluding hydrogens is 412 g/mol. The third-order valence-electron chi connectivity index (χ3n) is 6.12. The summed E-state index contributed by atoms with van der Waals surface area (Å²) in [6.45, 7) is 10.2. The molecule has 0 saturated carbocycles. The predicted octanol–water partition coefficient (Wildman–Crippen LogP) is 5.43. The fourth-order valence-corrected chi connectivity index (χ4v) is 4.37. The van der Waals surface area contributed by atoms with Gasteiger partial charge in [-0.3, -0.25) is 9.36 Å². The molecule has 0 aliphatic rings. The Morgan fingerprint density at radius 2 is 1.67 bits per heavy atom. The first kappa shape index (κ1) is 20.9. The number of para-hydroxylation sites is 1. The highest BCUT2D eigenvalue weighted by atomic mass is 16.4. The lowest BCUT2D eigenvalue weighted by Crippen LogP contribution is -2.23. The molecule has 33 heavy (non-hydrogen) atoms. The van der Waals surface area contributed by atoms with Crippen molar-refractivity contribution in [1.29, 1.82) is 0 Å². The Kier molecular flexibility index (Phi) is 5.01. The highest BCUT2D eigenvalue weighted by molar-refractivity contribution is 5.83. The number of oxazole rings is 1. The van der Waals surface area contributed by atoms with Gasteiger partial charge in [-0.2, -0.15) is 5.10 Å². The quantitative estimate of drug-likeness (QED) is 0.375. The summed E-state index contributed by atoms with van der Waals surface area (Å²) >= 11 is 0. The summed E-state index contributed by atoms with van der Waals surface area (Å²) in [5.74, 6) is 1.28. The molecule has 0 fully saturated rings. The van der Waals surface area contributed by atoms with E-state index in [1.807, 2.05) is 62.7 Å². The second-order valence-electron chi connectivity index (χ2n) is 8.62. The summed E-state index contributed by atoms with van der Waals surface area (Å²) in [6, 6.07) is 17.8. The molecule has 0 atom stereocenters. The molecule has 0 saturated heterocycles. The number of hydrogen-bond donors (Lipinski definition) is 0. The second kappa shape index (κ2) is 7.89. The Balaban J connectivity index is 1.69. The highest BCUT2D eigenvalue weighted by Gasteiger charge is 2.20. The van der Waals surface area contributed by atoms with Crippen LogP contribution in [-0.4, -0.2) is 19.3 Å². The van der Waals surface area contributed by atoms with Gasteiger partial charge >= 0.3 is 0 Å². The first-order valence-corrected chi connectivity index (χ1v) is 11.0. The monoisotopic (exact) mass is 438 g/mol. The lowest BCUT2D eigenvalue weighted by atomic mass is 10.1. The van der Waals surface area contributed by atoms with E-state index in [-0.39, 0.29) is 5.56 Å². The number of aryl methyl sites for hydroxylation is 5. The average Bonchev–Trinajstić information content (AvgIpc) is 3.33. The Labute approximate surface area is 192 Å². The van der Waals surface area contributed by atoms with E-state index in [1.54, 1.807) is 10.6 Å². The molecule has 2 aromatic carbocycles.